The first kappa shape index (κ1) is 11.4. The largest absolute Gasteiger partial charge is 0.334 e. The van der Waals surface area contributed by atoms with Gasteiger partial charge in [-0.05, 0) is 19.1 Å². The van der Waals surface area contributed by atoms with E-state index in [1.54, 1.807) is 0 Å². The zero-order valence-corrected chi connectivity index (χ0v) is 10.3. The van der Waals surface area contributed by atoms with Gasteiger partial charge in [-0.15, -0.1) is 0 Å². The number of nitrogens with two attached hydrogens (primary N) is 1. The molecule has 0 radical (unpaired) electrons. The minimum absolute atomic E-state index is 0.300. The highest BCUT2D eigenvalue weighted by Crippen LogP contribution is 2.18. The highest BCUT2D eigenvalue weighted by atomic mass is 16.5. The number of aryl methyl sites for hydroxylation is 1. The first-order chi connectivity index (χ1) is 8.70. The average molecular weight is 244 g/mol. The van der Waals surface area contributed by atoms with Gasteiger partial charge in [0.15, 0.2) is 5.82 Å². The molecule has 1 aromatic heterocycles. The van der Waals surface area contributed by atoms with Crippen molar-refractivity contribution < 1.29 is 4.52 Å². The maximum Gasteiger partial charge on any atom is 0.257 e. The van der Waals surface area contributed by atoms with Crippen molar-refractivity contribution in [2.45, 2.75) is 19.5 Å². The van der Waals surface area contributed by atoms with Crippen LogP contribution < -0.4 is 5.73 Å². The second-order valence-electron chi connectivity index (χ2n) is 4.84. The molecule has 18 heavy (non-hydrogen) atoms. The predicted molar refractivity (Wildman–Crippen MR) is 67.7 cm³/mol. The lowest BCUT2D eigenvalue weighted by molar-refractivity contribution is 0.137. The standard InChI is InChI=1S/C13H16N4O/c1-9-2-4-10(5-3-9)13-15-12(16-18-13)8-17-6-11(14)7-17/h2-5,11H,6-8,14H2,1H3. The van der Waals surface area contributed by atoms with Crippen molar-refractivity contribution in [3.8, 4) is 11.5 Å². The Morgan fingerprint density at radius 3 is 2.72 bits per heavy atom. The third-order valence-corrected chi connectivity index (χ3v) is 3.12. The van der Waals surface area contributed by atoms with Crippen LogP contribution in [0, 0.1) is 6.92 Å². The van der Waals surface area contributed by atoms with Gasteiger partial charge in [-0.1, -0.05) is 22.9 Å². The van der Waals surface area contributed by atoms with E-state index in [4.69, 9.17) is 10.3 Å². The number of rotatable bonds is 3. The van der Waals surface area contributed by atoms with E-state index in [1.165, 1.54) is 5.56 Å². The summed E-state index contributed by atoms with van der Waals surface area (Å²) >= 11 is 0. The van der Waals surface area contributed by atoms with E-state index in [2.05, 4.69) is 22.0 Å². The molecule has 0 unspecified atom stereocenters. The number of benzene rings is 1. The van der Waals surface area contributed by atoms with Gasteiger partial charge in [-0.2, -0.15) is 4.98 Å². The topological polar surface area (TPSA) is 68.2 Å². The van der Waals surface area contributed by atoms with E-state index in [1.807, 2.05) is 24.3 Å². The summed E-state index contributed by atoms with van der Waals surface area (Å²) < 4.78 is 5.27. The quantitative estimate of drug-likeness (QED) is 0.878. The summed E-state index contributed by atoms with van der Waals surface area (Å²) in [7, 11) is 0. The number of hydrogen-bond acceptors (Lipinski definition) is 5. The summed E-state index contributed by atoms with van der Waals surface area (Å²) in [6, 6.07) is 8.35. The molecule has 0 spiro atoms. The molecule has 0 bridgehead atoms. The highest BCUT2D eigenvalue weighted by molar-refractivity contribution is 5.53. The molecule has 3 rings (SSSR count). The van der Waals surface area contributed by atoms with Gasteiger partial charge >= 0.3 is 0 Å². The Bertz CT molecular complexity index is 528. The van der Waals surface area contributed by atoms with E-state index in [0.29, 0.717) is 18.5 Å². The Labute approximate surface area is 106 Å². The van der Waals surface area contributed by atoms with Crippen LogP contribution in [0.5, 0.6) is 0 Å². The van der Waals surface area contributed by atoms with Gasteiger partial charge < -0.3 is 10.3 Å². The van der Waals surface area contributed by atoms with E-state index in [0.717, 1.165) is 24.5 Å². The smallest absolute Gasteiger partial charge is 0.257 e. The summed E-state index contributed by atoms with van der Waals surface area (Å²) in [4.78, 5) is 6.60. The summed E-state index contributed by atoms with van der Waals surface area (Å²) in [6.45, 7) is 4.59. The molecular weight excluding hydrogens is 228 g/mol. The van der Waals surface area contributed by atoms with Gasteiger partial charge in [-0.3, -0.25) is 4.90 Å². The molecule has 1 fully saturated rings. The van der Waals surface area contributed by atoms with Crippen LogP contribution in [0.2, 0.25) is 0 Å². The highest BCUT2D eigenvalue weighted by Gasteiger charge is 2.24. The summed E-state index contributed by atoms with van der Waals surface area (Å²) in [6.07, 6.45) is 0. The Morgan fingerprint density at radius 1 is 1.33 bits per heavy atom. The lowest BCUT2D eigenvalue weighted by Gasteiger charge is -2.35. The molecule has 5 heteroatoms. The SMILES string of the molecule is Cc1ccc(-c2nc(CN3CC(N)C3)no2)cc1. The molecule has 0 aliphatic carbocycles. The zero-order valence-electron chi connectivity index (χ0n) is 10.3. The number of likely N-dealkylation sites (tertiary alicyclic amines) is 1. The van der Waals surface area contributed by atoms with Crippen molar-refractivity contribution in [3.63, 3.8) is 0 Å². The summed E-state index contributed by atoms with van der Waals surface area (Å²) in [5.74, 6) is 1.30. The van der Waals surface area contributed by atoms with Crippen molar-refractivity contribution in [2.75, 3.05) is 13.1 Å². The van der Waals surface area contributed by atoms with E-state index < -0.39 is 0 Å². The van der Waals surface area contributed by atoms with E-state index in [9.17, 15) is 0 Å². The molecule has 0 amide bonds. The van der Waals surface area contributed by atoms with Crippen molar-refractivity contribution in [3.05, 3.63) is 35.7 Å². The van der Waals surface area contributed by atoms with Crippen molar-refractivity contribution in [1.29, 1.82) is 0 Å². The van der Waals surface area contributed by atoms with Crippen molar-refractivity contribution >= 4 is 0 Å². The van der Waals surface area contributed by atoms with Crippen LogP contribution in [-0.2, 0) is 6.54 Å². The van der Waals surface area contributed by atoms with Gasteiger partial charge in [0, 0.05) is 24.7 Å². The lowest BCUT2D eigenvalue weighted by atomic mass is 10.1. The summed E-state index contributed by atoms with van der Waals surface area (Å²) in [5.41, 5.74) is 7.90. The maximum absolute atomic E-state index is 5.73. The molecule has 2 aromatic rings. The van der Waals surface area contributed by atoms with E-state index in [-0.39, 0.29) is 0 Å². The minimum atomic E-state index is 0.300. The number of nitrogens with zero attached hydrogens (tertiary/aromatic N) is 3. The third-order valence-electron chi connectivity index (χ3n) is 3.12. The van der Waals surface area contributed by atoms with Gasteiger partial charge in [0.2, 0.25) is 0 Å². The Balaban J connectivity index is 1.71. The number of hydrogen-bond donors (Lipinski definition) is 1. The monoisotopic (exact) mass is 244 g/mol. The molecular formula is C13H16N4O. The van der Waals surface area contributed by atoms with Gasteiger partial charge in [0.1, 0.15) is 0 Å². The van der Waals surface area contributed by atoms with Crippen LogP contribution >= 0.6 is 0 Å². The Kier molecular flexibility index (Phi) is 2.85. The zero-order chi connectivity index (χ0) is 12.5. The van der Waals surface area contributed by atoms with Gasteiger partial charge in [0.25, 0.3) is 5.89 Å². The Hall–Kier alpha value is -1.72. The van der Waals surface area contributed by atoms with Crippen LogP contribution in [0.4, 0.5) is 0 Å². The van der Waals surface area contributed by atoms with E-state index >= 15 is 0 Å². The molecule has 1 aliphatic heterocycles. The van der Waals surface area contributed by atoms with Gasteiger partial charge in [-0.25, -0.2) is 0 Å². The van der Waals surface area contributed by atoms with Crippen LogP contribution in [0.25, 0.3) is 11.5 Å². The maximum atomic E-state index is 5.73. The van der Waals surface area contributed by atoms with Crippen molar-refractivity contribution in [2.24, 2.45) is 5.73 Å². The number of aromatic nitrogens is 2. The predicted octanol–water partition coefficient (Wildman–Crippen LogP) is 1.19. The fourth-order valence-electron chi connectivity index (χ4n) is 2.07. The Morgan fingerprint density at radius 2 is 2.06 bits per heavy atom. The third kappa shape index (κ3) is 2.27. The lowest BCUT2D eigenvalue weighted by Crippen LogP contribution is -2.55. The molecule has 1 aromatic carbocycles. The minimum Gasteiger partial charge on any atom is -0.334 e. The molecule has 0 saturated carbocycles. The molecule has 1 aliphatic rings. The van der Waals surface area contributed by atoms with Crippen LogP contribution in [0.1, 0.15) is 11.4 Å². The molecule has 2 N–H and O–H groups in total. The first-order valence-corrected chi connectivity index (χ1v) is 6.08. The summed E-state index contributed by atoms with van der Waals surface area (Å²) in [5, 5.41) is 3.99. The first-order valence-electron chi connectivity index (χ1n) is 6.08. The second kappa shape index (κ2) is 4.51. The molecule has 94 valence electrons. The van der Waals surface area contributed by atoms with Crippen molar-refractivity contribution in [1.82, 2.24) is 15.0 Å². The molecule has 0 atom stereocenters. The fraction of sp³-hybridized carbons (Fsp3) is 0.385. The molecule has 1 saturated heterocycles. The fourth-order valence-corrected chi connectivity index (χ4v) is 2.07. The molecule has 5 nitrogen and oxygen atoms in total. The van der Waals surface area contributed by atoms with Gasteiger partial charge in [0.05, 0.1) is 6.54 Å². The normalized spacial score (nSPS) is 16.8. The molecule has 2 heterocycles. The average Bonchev–Trinajstić information content (AvgIpc) is 2.77. The van der Waals surface area contributed by atoms with Crippen LogP contribution in [-0.4, -0.2) is 34.2 Å². The van der Waals surface area contributed by atoms with Crippen LogP contribution in [0.3, 0.4) is 0 Å². The van der Waals surface area contributed by atoms with Crippen LogP contribution in [0.15, 0.2) is 28.8 Å². The second-order valence-corrected chi connectivity index (χ2v) is 4.84.